The zero-order valence-corrected chi connectivity index (χ0v) is 17.3. The Balaban J connectivity index is 1.66. The number of nitrogens with one attached hydrogen (secondary N) is 2. The van der Waals surface area contributed by atoms with Crippen LogP contribution in [-0.4, -0.2) is 63.7 Å². The van der Waals surface area contributed by atoms with Crippen LogP contribution in [0.2, 0.25) is 0 Å². The van der Waals surface area contributed by atoms with Crippen LogP contribution in [0.4, 0.5) is 0 Å². The summed E-state index contributed by atoms with van der Waals surface area (Å²) in [6.45, 7) is 8.32. The van der Waals surface area contributed by atoms with E-state index in [0.717, 1.165) is 77.7 Å². The summed E-state index contributed by atoms with van der Waals surface area (Å²) in [7, 11) is 0. The molecule has 0 aromatic carbocycles. The first-order valence-electron chi connectivity index (χ1n) is 11.1. The number of aliphatic imine (C=N–C) groups is 1. The predicted octanol–water partition coefficient (Wildman–Crippen LogP) is 2.71. The van der Waals surface area contributed by atoms with Gasteiger partial charge in [-0.2, -0.15) is 0 Å². The Kier molecular flexibility index (Phi) is 11.1. The summed E-state index contributed by atoms with van der Waals surface area (Å²) in [4.78, 5) is 4.85. The van der Waals surface area contributed by atoms with Crippen LogP contribution in [0.15, 0.2) is 4.99 Å². The fourth-order valence-corrected chi connectivity index (χ4v) is 4.16. The summed E-state index contributed by atoms with van der Waals surface area (Å²) in [6, 6.07) is 0. The van der Waals surface area contributed by atoms with Gasteiger partial charge in [-0.15, -0.1) is 0 Å². The van der Waals surface area contributed by atoms with Crippen LogP contribution in [0.25, 0.3) is 0 Å². The van der Waals surface area contributed by atoms with Crippen molar-refractivity contribution in [1.29, 1.82) is 0 Å². The standard InChI is InChI=1S/C21H41N3O3/c1-2-22-20(24-18-21(11-13-25)9-4-3-5-10-21)23-12-6-14-27-17-19-7-15-26-16-8-19/h19,25H,2-18H2,1H3,(H2,22,23,24). The largest absolute Gasteiger partial charge is 0.396 e. The normalized spacial score (nSPS) is 21.2. The number of aliphatic hydroxyl groups is 1. The number of rotatable bonds is 11. The van der Waals surface area contributed by atoms with E-state index in [4.69, 9.17) is 14.5 Å². The lowest BCUT2D eigenvalue weighted by atomic mass is 9.72. The highest BCUT2D eigenvalue weighted by Gasteiger charge is 2.31. The van der Waals surface area contributed by atoms with Gasteiger partial charge >= 0.3 is 0 Å². The van der Waals surface area contributed by atoms with Crippen molar-refractivity contribution >= 4 is 5.96 Å². The van der Waals surface area contributed by atoms with Gasteiger partial charge in [0.05, 0.1) is 0 Å². The van der Waals surface area contributed by atoms with Crippen molar-refractivity contribution < 1.29 is 14.6 Å². The van der Waals surface area contributed by atoms with Crippen LogP contribution in [0.1, 0.15) is 64.7 Å². The van der Waals surface area contributed by atoms with Gasteiger partial charge in [0, 0.05) is 52.7 Å². The van der Waals surface area contributed by atoms with Gasteiger partial charge in [0.25, 0.3) is 0 Å². The Morgan fingerprint density at radius 3 is 2.67 bits per heavy atom. The minimum Gasteiger partial charge on any atom is -0.396 e. The van der Waals surface area contributed by atoms with E-state index < -0.39 is 0 Å². The van der Waals surface area contributed by atoms with Gasteiger partial charge in [-0.05, 0) is 56.8 Å². The molecule has 6 nitrogen and oxygen atoms in total. The highest BCUT2D eigenvalue weighted by atomic mass is 16.5. The van der Waals surface area contributed by atoms with Crippen LogP contribution < -0.4 is 10.6 Å². The number of ether oxygens (including phenoxy) is 2. The van der Waals surface area contributed by atoms with E-state index in [0.29, 0.717) is 5.92 Å². The molecule has 1 aliphatic carbocycles. The van der Waals surface area contributed by atoms with Gasteiger partial charge < -0.3 is 25.2 Å². The van der Waals surface area contributed by atoms with E-state index in [1.807, 2.05) is 0 Å². The molecule has 1 aliphatic heterocycles. The molecule has 0 amide bonds. The molecule has 0 radical (unpaired) electrons. The zero-order chi connectivity index (χ0) is 19.2. The van der Waals surface area contributed by atoms with E-state index in [1.165, 1.54) is 32.1 Å². The molecule has 0 aromatic rings. The molecule has 1 saturated carbocycles. The van der Waals surface area contributed by atoms with E-state index >= 15 is 0 Å². The second-order valence-corrected chi connectivity index (χ2v) is 8.14. The van der Waals surface area contributed by atoms with E-state index in [1.54, 1.807) is 0 Å². The van der Waals surface area contributed by atoms with E-state index in [-0.39, 0.29) is 12.0 Å². The summed E-state index contributed by atoms with van der Waals surface area (Å²) in [5, 5.41) is 16.2. The van der Waals surface area contributed by atoms with Crippen LogP contribution in [0.5, 0.6) is 0 Å². The van der Waals surface area contributed by atoms with Gasteiger partial charge in [-0.25, -0.2) is 0 Å². The molecule has 0 bridgehead atoms. The Morgan fingerprint density at radius 2 is 1.96 bits per heavy atom. The first-order chi connectivity index (χ1) is 13.3. The molecule has 0 unspecified atom stereocenters. The molecular weight excluding hydrogens is 342 g/mol. The van der Waals surface area contributed by atoms with Crippen molar-refractivity contribution in [2.75, 3.05) is 52.7 Å². The maximum atomic E-state index is 9.47. The molecule has 0 spiro atoms. The molecule has 2 aliphatic rings. The lowest BCUT2D eigenvalue weighted by Crippen LogP contribution is -2.39. The third-order valence-electron chi connectivity index (χ3n) is 5.93. The first kappa shape index (κ1) is 22.4. The molecule has 2 fully saturated rings. The molecule has 0 aromatic heterocycles. The van der Waals surface area contributed by atoms with Gasteiger partial charge in [0.2, 0.25) is 0 Å². The van der Waals surface area contributed by atoms with Crippen LogP contribution >= 0.6 is 0 Å². The lowest BCUT2D eigenvalue weighted by Gasteiger charge is -2.35. The molecule has 27 heavy (non-hydrogen) atoms. The van der Waals surface area contributed by atoms with Gasteiger partial charge in [0.1, 0.15) is 0 Å². The number of hydrogen-bond donors (Lipinski definition) is 3. The van der Waals surface area contributed by atoms with Gasteiger partial charge in [0.15, 0.2) is 5.96 Å². The van der Waals surface area contributed by atoms with Crippen LogP contribution in [0, 0.1) is 11.3 Å². The quantitative estimate of drug-likeness (QED) is 0.291. The van der Waals surface area contributed by atoms with Gasteiger partial charge in [-0.1, -0.05) is 19.3 Å². The maximum absolute atomic E-state index is 9.47. The highest BCUT2D eigenvalue weighted by Crippen LogP contribution is 2.39. The zero-order valence-electron chi connectivity index (χ0n) is 17.3. The lowest BCUT2D eigenvalue weighted by molar-refractivity contribution is 0.0203. The minimum absolute atomic E-state index is 0.197. The molecule has 1 saturated heterocycles. The van der Waals surface area contributed by atoms with Crippen molar-refractivity contribution in [2.45, 2.75) is 64.7 Å². The molecule has 0 atom stereocenters. The summed E-state index contributed by atoms with van der Waals surface area (Å²) in [5.41, 5.74) is 0.197. The topological polar surface area (TPSA) is 75.1 Å². The first-order valence-corrected chi connectivity index (χ1v) is 11.1. The van der Waals surface area contributed by atoms with Crippen molar-refractivity contribution in [2.24, 2.45) is 16.3 Å². The third-order valence-corrected chi connectivity index (χ3v) is 5.93. The van der Waals surface area contributed by atoms with E-state index in [9.17, 15) is 5.11 Å². The number of nitrogens with zero attached hydrogens (tertiary/aromatic N) is 1. The fraction of sp³-hybridized carbons (Fsp3) is 0.952. The van der Waals surface area contributed by atoms with E-state index in [2.05, 4.69) is 17.6 Å². The van der Waals surface area contributed by atoms with Crippen molar-refractivity contribution in [1.82, 2.24) is 10.6 Å². The minimum atomic E-state index is 0.197. The summed E-state index contributed by atoms with van der Waals surface area (Å²) < 4.78 is 11.2. The maximum Gasteiger partial charge on any atom is 0.191 e. The molecule has 1 heterocycles. The average molecular weight is 384 g/mol. The highest BCUT2D eigenvalue weighted by molar-refractivity contribution is 5.79. The summed E-state index contributed by atoms with van der Waals surface area (Å²) in [6.07, 6.45) is 10.4. The molecular formula is C21H41N3O3. The Labute approximate surface area is 165 Å². The fourth-order valence-electron chi connectivity index (χ4n) is 4.16. The summed E-state index contributed by atoms with van der Waals surface area (Å²) in [5.74, 6) is 1.56. The number of aliphatic hydroxyl groups excluding tert-OH is 1. The summed E-state index contributed by atoms with van der Waals surface area (Å²) >= 11 is 0. The number of guanidine groups is 1. The second kappa shape index (κ2) is 13.3. The Morgan fingerprint density at radius 1 is 1.19 bits per heavy atom. The smallest absolute Gasteiger partial charge is 0.191 e. The van der Waals surface area contributed by atoms with Gasteiger partial charge in [-0.3, -0.25) is 4.99 Å². The average Bonchev–Trinajstić information content (AvgIpc) is 2.70. The monoisotopic (exact) mass is 383 g/mol. The molecule has 158 valence electrons. The Bertz CT molecular complexity index is 400. The third kappa shape index (κ3) is 8.79. The van der Waals surface area contributed by atoms with Crippen molar-refractivity contribution in [3.05, 3.63) is 0 Å². The SMILES string of the molecule is CCNC(=NCC1(CCO)CCCCC1)NCCCOCC1CCOCC1. The van der Waals surface area contributed by atoms with Crippen LogP contribution in [0.3, 0.4) is 0 Å². The van der Waals surface area contributed by atoms with Crippen LogP contribution in [-0.2, 0) is 9.47 Å². The molecule has 2 rings (SSSR count). The molecule has 6 heteroatoms. The number of hydrogen-bond acceptors (Lipinski definition) is 4. The Hall–Kier alpha value is -0.850. The molecule has 3 N–H and O–H groups in total. The predicted molar refractivity (Wildman–Crippen MR) is 110 cm³/mol. The van der Waals surface area contributed by atoms with Crippen molar-refractivity contribution in [3.8, 4) is 0 Å². The van der Waals surface area contributed by atoms with Crippen molar-refractivity contribution in [3.63, 3.8) is 0 Å². The second-order valence-electron chi connectivity index (χ2n) is 8.14.